The maximum absolute atomic E-state index is 14.3. The first-order valence-electron chi connectivity index (χ1n) is 6.77. The third kappa shape index (κ3) is 2.06. The highest BCUT2D eigenvalue weighted by Crippen LogP contribution is 2.36. The van der Waals surface area contributed by atoms with E-state index >= 15 is 0 Å². The molecule has 0 unspecified atom stereocenters. The molecule has 2 aromatic rings. The molecule has 1 heterocycles. The number of hydrogen-bond donors (Lipinski definition) is 2. The van der Waals surface area contributed by atoms with E-state index in [0.29, 0.717) is 17.0 Å². The summed E-state index contributed by atoms with van der Waals surface area (Å²) in [5.41, 5.74) is 5.44. The van der Waals surface area contributed by atoms with E-state index in [9.17, 15) is 4.39 Å². The Balaban J connectivity index is 2.22. The molecule has 3 rings (SSSR count). The van der Waals surface area contributed by atoms with Crippen LogP contribution in [0.25, 0.3) is 10.9 Å². The van der Waals surface area contributed by atoms with E-state index in [1.165, 1.54) is 12.8 Å². The van der Waals surface area contributed by atoms with E-state index in [0.717, 1.165) is 29.6 Å². The zero-order chi connectivity index (χ0) is 13.4. The number of nitrogens with zero attached hydrogens (tertiary/aromatic N) is 1. The van der Waals surface area contributed by atoms with Gasteiger partial charge in [0.2, 0.25) is 0 Å². The van der Waals surface area contributed by atoms with Gasteiger partial charge in [-0.3, -0.25) is 5.84 Å². The van der Waals surface area contributed by atoms with Crippen molar-refractivity contribution in [2.45, 2.75) is 38.5 Å². The molecule has 0 amide bonds. The summed E-state index contributed by atoms with van der Waals surface area (Å²) in [7, 11) is 0. The lowest BCUT2D eigenvalue weighted by Crippen LogP contribution is -2.10. The van der Waals surface area contributed by atoms with Gasteiger partial charge in [-0.2, -0.15) is 0 Å². The van der Waals surface area contributed by atoms with E-state index < -0.39 is 0 Å². The second kappa shape index (κ2) is 4.78. The van der Waals surface area contributed by atoms with Gasteiger partial charge in [-0.1, -0.05) is 25.0 Å². The van der Waals surface area contributed by atoms with Gasteiger partial charge in [0.05, 0.1) is 5.69 Å². The van der Waals surface area contributed by atoms with Crippen molar-refractivity contribution in [2.24, 2.45) is 5.84 Å². The fraction of sp³-hybridized carbons (Fsp3) is 0.400. The number of rotatable bonds is 2. The molecule has 19 heavy (non-hydrogen) atoms. The molecule has 0 radical (unpaired) electrons. The minimum Gasteiger partial charge on any atom is -0.323 e. The van der Waals surface area contributed by atoms with Crippen molar-refractivity contribution in [1.82, 2.24) is 4.98 Å². The highest BCUT2D eigenvalue weighted by molar-refractivity contribution is 5.92. The number of benzene rings is 1. The van der Waals surface area contributed by atoms with Crippen LogP contribution in [-0.4, -0.2) is 4.98 Å². The van der Waals surface area contributed by atoms with Crippen LogP contribution in [-0.2, 0) is 0 Å². The van der Waals surface area contributed by atoms with Gasteiger partial charge < -0.3 is 5.43 Å². The molecule has 1 aromatic carbocycles. The highest BCUT2D eigenvalue weighted by atomic mass is 19.1. The minimum atomic E-state index is -0.242. The second-order valence-corrected chi connectivity index (χ2v) is 5.31. The van der Waals surface area contributed by atoms with Crippen molar-refractivity contribution >= 4 is 16.6 Å². The lowest BCUT2D eigenvalue weighted by molar-refractivity contribution is 0.625. The van der Waals surface area contributed by atoms with Crippen LogP contribution < -0.4 is 11.3 Å². The molecule has 1 aliphatic rings. The number of hydrogen-bond acceptors (Lipinski definition) is 3. The zero-order valence-electron chi connectivity index (χ0n) is 11.0. The highest BCUT2D eigenvalue weighted by Gasteiger charge is 2.20. The molecule has 0 bridgehead atoms. The Kier molecular flexibility index (Phi) is 3.11. The first-order chi connectivity index (χ1) is 9.20. The average molecular weight is 259 g/mol. The average Bonchev–Trinajstić information content (AvgIpc) is 2.96. The lowest BCUT2D eigenvalue weighted by Gasteiger charge is -2.14. The number of hydrazine groups is 1. The van der Waals surface area contributed by atoms with Crippen molar-refractivity contribution in [3.05, 3.63) is 35.3 Å². The van der Waals surface area contributed by atoms with Crippen LogP contribution in [0.1, 0.15) is 42.9 Å². The Hall–Kier alpha value is -1.68. The lowest BCUT2D eigenvalue weighted by atomic mass is 10.0. The first-order valence-corrected chi connectivity index (χ1v) is 6.77. The van der Waals surface area contributed by atoms with Crippen molar-refractivity contribution in [1.29, 1.82) is 0 Å². The van der Waals surface area contributed by atoms with Gasteiger partial charge in [0, 0.05) is 17.0 Å². The summed E-state index contributed by atoms with van der Waals surface area (Å²) >= 11 is 0. The second-order valence-electron chi connectivity index (χ2n) is 5.31. The first kappa shape index (κ1) is 12.4. The number of aryl methyl sites for hydroxylation is 1. The standard InChI is InChI=1S/C15H18FN3/c1-9-6-7-11-13(19-17)8-12(10-4-2-3-5-10)18-15(11)14(9)16/h6-8,10H,2-5,17H2,1H3,(H,18,19). The quantitative estimate of drug-likeness (QED) is 0.639. The molecular formula is C15H18FN3. The van der Waals surface area contributed by atoms with Gasteiger partial charge in [-0.15, -0.1) is 0 Å². The molecule has 4 heteroatoms. The van der Waals surface area contributed by atoms with E-state index in [1.807, 2.05) is 12.1 Å². The number of fused-ring (bicyclic) bond motifs is 1. The molecule has 0 saturated heterocycles. The van der Waals surface area contributed by atoms with Crippen molar-refractivity contribution in [3.63, 3.8) is 0 Å². The van der Waals surface area contributed by atoms with Gasteiger partial charge in [0.15, 0.2) is 5.82 Å². The van der Waals surface area contributed by atoms with E-state index in [-0.39, 0.29) is 5.82 Å². The molecular weight excluding hydrogens is 241 g/mol. The Bertz CT molecular complexity index is 618. The predicted octanol–water partition coefficient (Wildman–Crippen LogP) is 3.63. The van der Waals surface area contributed by atoms with Gasteiger partial charge in [0.1, 0.15) is 5.52 Å². The van der Waals surface area contributed by atoms with Crippen LogP contribution in [0, 0.1) is 12.7 Å². The van der Waals surface area contributed by atoms with E-state index in [1.54, 1.807) is 13.0 Å². The number of halogens is 1. The molecule has 3 nitrogen and oxygen atoms in total. The number of anilines is 1. The Morgan fingerprint density at radius 1 is 1.32 bits per heavy atom. The van der Waals surface area contributed by atoms with Gasteiger partial charge in [0.25, 0.3) is 0 Å². The van der Waals surface area contributed by atoms with Crippen LogP contribution >= 0.6 is 0 Å². The Labute approximate surface area is 112 Å². The summed E-state index contributed by atoms with van der Waals surface area (Å²) < 4.78 is 14.3. The maximum Gasteiger partial charge on any atom is 0.152 e. The summed E-state index contributed by atoms with van der Waals surface area (Å²) in [4.78, 5) is 4.56. The van der Waals surface area contributed by atoms with Crippen LogP contribution in [0.4, 0.5) is 10.1 Å². The summed E-state index contributed by atoms with van der Waals surface area (Å²) in [6.07, 6.45) is 4.73. The number of pyridine rings is 1. The molecule has 1 aromatic heterocycles. The smallest absolute Gasteiger partial charge is 0.152 e. The van der Waals surface area contributed by atoms with Gasteiger partial charge >= 0.3 is 0 Å². The van der Waals surface area contributed by atoms with Crippen LogP contribution in [0.15, 0.2) is 18.2 Å². The Morgan fingerprint density at radius 3 is 2.74 bits per heavy atom. The van der Waals surface area contributed by atoms with Crippen molar-refractivity contribution in [2.75, 3.05) is 5.43 Å². The summed E-state index contributed by atoms with van der Waals surface area (Å²) in [6, 6.07) is 5.59. The Morgan fingerprint density at radius 2 is 2.05 bits per heavy atom. The van der Waals surface area contributed by atoms with Crippen LogP contribution in [0.3, 0.4) is 0 Å². The number of nitrogens with two attached hydrogens (primary N) is 1. The molecule has 100 valence electrons. The fourth-order valence-electron chi connectivity index (χ4n) is 2.93. The van der Waals surface area contributed by atoms with Gasteiger partial charge in [-0.25, -0.2) is 9.37 Å². The fourth-order valence-corrected chi connectivity index (χ4v) is 2.93. The summed E-state index contributed by atoms with van der Waals surface area (Å²) in [5, 5.41) is 0.743. The van der Waals surface area contributed by atoms with E-state index in [2.05, 4.69) is 10.4 Å². The summed E-state index contributed by atoms with van der Waals surface area (Å²) in [6.45, 7) is 1.76. The third-order valence-corrected chi connectivity index (χ3v) is 4.06. The molecule has 0 atom stereocenters. The molecule has 0 spiro atoms. The van der Waals surface area contributed by atoms with Crippen molar-refractivity contribution < 1.29 is 4.39 Å². The molecule has 1 aliphatic carbocycles. The van der Waals surface area contributed by atoms with Gasteiger partial charge in [-0.05, 0) is 31.4 Å². The zero-order valence-corrected chi connectivity index (χ0v) is 11.0. The normalized spacial score (nSPS) is 16.2. The SMILES string of the molecule is Cc1ccc2c(NN)cc(C3CCCC3)nc2c1F. The largest absolute Gasteiger partial charge is 0.323 e. The van der Waals surface area contributed by atoms with E-state index in [4.69, 9.17) is 5.84 Å². The minimum absolute atomic E-state index is 0.242. The van der Waals surface area contributed by atoms with Crippen LogP contribution in [0.2, 0.25) is 0 Å². The number of nitrogen functional groups attached to an aromatic ring is 1. The maximum atomic E-state index is 14.3. The molecule has 1 saturated carbocycles. The third-order valence-electron chi connectivity index (χ3n) is 4.06. The predicted molar refractivity (Wildman–Crippen MR) is 75.5 cm³/mol. The topological polar surface area (TPSA) is 50.9 Å². The molecule has 0 aliphatic heterocycles. The molecule has 1 fully saturated rings. The van der Waals surface area contributed by atoms with Crippen molar-refractivity contribution in [3.8, 4) is 0 Å². The summed E-state index contributed by atoms with van der Waals surface area (Å²) in [5.74, 6) is 5.77. The molecule has 3 N–H and O–H groups in total. The number of aromatic nitrogens is 1. The number of nitrogens with one attached hydrogen (secondary N) is 1. The monoisotopic (exact) mass is 259 g/mol. The van der Waals surface area contributed by atoms with Crippen LogP contribution in [0.5, 0.6) is 0 Å².